The van der Waals surface area contributed by atoms with Crippen LogP contribution in [0.25, 0.3) is 0 Å². The first-order chi connectivity index (χ1) is 5.77. The normalized spacial score (nSPS) is 30.4. The van der Waals surface area contributed by atoms with Gasteiger partial charge in [-0.25, -0.2) is 0 Å². The zero-order valence-corrected chi connectivity index (χ0v) is 7.66. The van der Waals surface area contributed by atoms with Gasteiger partial charge in [-0.05, 0) is 25.8 Å². The molecule has 0 aliphatic carbocycles. The Balaban J connectivity index is 2.31. The van der Waals surface area contributed by atoms with E-state index in [9.17, 15) is 0 Å². The van der Waals surface area contributed by atoms with Crippen molar-refractivity contribution in [2.75, 3.05) is 19.6 Å². The molecule has 0 spiro atoms. The van der Waals surface area contributed by atoms with E-state index in [-0.39, 0.29) is 0 Å². The Labute approximate surface area is 74.1 Å². The predicted octanol–water partition coefficient (Wildman–Crippen LogP) is 0.569. The molecule has 12 heavy (non-hydrogen) atoms. The molecule has 0 aromatic carbocycles. The van der Waals surface area contributed by atoms with Crippen LogP contribution in [-0.2, 0) is 0 Å². The standard InChI is InChI=1S/C9H17N3/c1-8-5-9(6-11)7-12(8)4-2-3-10/h8-9H,2,4-7,11H2,1H3. The second-order valence-corrected chi connectivity index (χ2v) is 3.59. The largest absolute Gasteiger partial charge is 0.330 e. The second-order valence-electron chi connectivity index (χ2n) is 3.59. The van der Waals surface area contributed by atoms with Crippen molar-refractivity contribution in [2.45, 2.75) is 25.8 Å². The molecule has 0 aromatic heterocycles. The summed E-state index contributed by atoms with van der Waals surface area (Å²) in [6.07, 6.45) is 1.84. The van der Waals surface area contributed by atoms with Gasteiger partial charge in [0.2, 0.25) is 0 Å². The molecule has 3 heteroatoms. The molecule has 2 unspecified atom stereocenters. The number of rotatable bonds is 3. The minimum absolute atomic E-state index is 0.617. The first kappa shape index (κ1) is 9.50. The predicted molar refractivity (Wildman–Crippen MR) is 48.4 cm³/mol. The van der Waals surface area contributed by atoms with Crippen molar-refractivity contribution in [1.82, 2.24) is 4.90 Å². The van der Waals surface area contributed by atoms with Gasteiger partial charge in [-0.2, -0.15) is 5.26 Å². The fourth-order valence-corrected chi connectivity index (χ4v) is 1.89. The highest BCUT2D eigenvalue weighted by Gasteiger charge is 2.27. The van der Waals surface area contributed by atoms with E-state index in [1.807, 2.05) is 0 Å². The molecule has 0 aromatic rings. The van der Waals surface area contributed by atoms with Crippen LogP contribution in [0.1, 0.15) is 19.8 Å². The molecule has 2 atom stereocenters. The third kappa shape index (κ3) is 2.20. The van der Waals surface area contributed by atoms with E-state index in [0.717, 1.165) is 19.6 Å². The second kappa shape index (κ2) is 4.44. The van der Waals surface area contributed by atoms with Crippen molar-refractivity contribution in [3.05, 3.63) is 0 Å². The van der Waals surface area contributed by atoms with Crippen LogP contribution in [-0.4, -0.2) is 30.6 Å². The van der Waals surface area contributed by atoms with Crippen molar-refractivity contribution >= 4 is 0 Å². The molecular formula is C9H17N3. The van der Waals surface area contributed by atoms with Gasteiger partial charge in [-0.3, -0.25) is 4.90 Å². The first-order valence-corrected chi connectivity index (χ1v) is 4.59. The molecule has 0 saturated carbocycles. The highest BCUT2D eigenvalue weighted by molar-refractivity contribution is 4.84. The van der Waals surface area contributed by atoms with Gasteiger partial charge < -0.3 is 5.73 Å². The summed E-state index contributed by atoms with van der Waals surface area (Å²) in [6, 6.07) is 2.79. The fraction of sp³-hybridized carbons (Fsp3) is 0.889. The van der Waals surface area contributed by atoms with Crippen LogP contribution in [0.3, 0.4) is 0 Å². The maximum absolute atomic E-state index is 8.43. The van der Waals surface area contributed by atoms with Crippen LogP contribution < -0.4 is 5.73 Å². The van der Waals surface area contributed by atoms with Crippen molar-refractivity contribution in [2.24, 2.45) is 11.7 Å². The number of hydrogen-bond acceptors (Lipinski definition) is 3. The van der Waals surface area contributed by atoms with Crippen LogP contribution in [0, 0.1) is 17.2 Å². The maximum Gasteiger partial charge on any atom is 0.0635 e. The third-order valence-electron chi connectivity index (χ3n) is 2.63. The number of nitrogens with zero attached hydrogens (tertiary/aromatic N) is 2. The number of likely N-dealkylation sites (tertiary alicyclic amines) is 1. The summed E-state index contributed by atoms with van der Waals surface area (Å²) in [5, 5.41) is 8.43. The van der Waals surface area contributed by atoms with E-state index in [1.165, 1.54) is 6.42 Å². The van der Waals surface area contributed by atoms with Gasteiger partial charge in [-0.1, -0.05) is 0 Å². The third-order valence-corrected chi connectivity index (χ3v) is 2.63. The van der Waals surface area contributed by atoms with Gasteiger partial charge in [0.25, 0.3) is 0 Å². The van der Waals surface area contributed by atoms with Crippen molar-refractivity contribution < 1.29 is 0 Å². The topological polar surface area (TPSA) is 53.0 Å². The van der Waals surface area contributed by atoms with Crippen molar-refractivity contribution in [3.8, 4) is 6.07 Å². The molecule has 1 fully saturated rings. The molecule has 1 heterocycles. The van der Waals surface area contributed by atoms with E-state index in [4.69, 9.17) is 11.0 Å². The summed E-state index contributed by atoms with van der Waals surface area (Å²) in [4.78, 5) is 2.36. The summed E-state index contributed by atoms with van der Waals surface area (Å²) in [5.74, 6) is 0.652. The average molecular weight is 167 g/mol. The molecule has 0 radical (unpaired) electrons. The molecule has 1 aliphatic heterocycles. The van der Waals surface area contributed by atoms with Gasteiger partial charge >= 0.3 is 0 Å². The zero-order valence-electron chi connectivity index (χ0n) is 7.66. The Morgan fingerprint density at radius 3 is 2.92 bits per heavy atom. The van der Waals surface area contributed by atoms with E-state index >= 15 is 0 Å². The molecule has 0 amide bonds. The summed E-state index contributed by atoms with van der Waals surface area (Å²) < 4.78 is 0. The highest BCUT2D eigenvalue weighted by Crippen LogP contribution is 2.21. The summed E-state index contributed by atoms with van der Waals surface area (Å²) >= 11 is 0. The minimum Gasteiger partial charge on any atom is -0.330 e. The van der Waals surface area contributed by atoms with Crippen LogP contribution in [0.4, 0.5) is 0 Å². The van der Waals surface area contributed by atoms with Crippen molar-refractivity contribution in [1.29, 1.82) is 5.26 Å². The van der Waals surface area contributed by atoms with Gasteiger partial charge in [0.15, 0.2) is 0 Å². The molecule has 1 saturated heterocycles. The zero-order chi connectivity index (χ0) is 8.97. The van der Waals surface area contributed by atoms with Crippen LogP contribution >= 0.6 is 0 Å². The smallest absolute Gasteiger partial charge is 0.0635 e. The van der Waals surface area contributed by atoms with E-state index < -0.39 is 0 Å². The monoisotopic (exact) mass is 167 g/mol. The van der Waals surface area contributed by atoms with Crippen molar-refractivity contribution in [3.63, 3.8) is 0 Å². The van der Waals surface area contributed by atoms with Gasteiger partial charge in [0.05, 0.1) is 6.07 Å². The Morgan fingerprint density at radius 1 is 1.67 bits per heavy atom. The quantitative estimate of drug-likeness (QED) is 0.668. The lowest BCUT2D eigenvalue weighted by atomic mass is 10.1. The highest BCUT2D eigenvalue weighted by atomic mass is 15.2. The van der Waals surface area contributed by atoms with Gasteiger partial charge in [-0.15, -0.1) is 0 Å². The lowest BCUT2D eigenvalue weighted by molar-refractivity contribution is 0.271. The molecule has 3 nitrogen and oxygen atoms in total. The lowest BCUT2D eigenvalue weighted by Crippen LogP contribution is -2.28. The first-order valence-electron chi connectivity index (χ1n) is 4.59. The number of nitriles is 1. The number of nitrogens with two attached hydrogens (primary N) is 1. The summed E-state index contributed by atoms with van der Waals surface area (Å²) in [7, 11) is 0. The molecule has 0 bridgehead atoms. The van der Waals surface area contributed by atoms with E-state index in [0.29, 0.717) is 18.4 Å². The van der Waals surface area contributed by atoms with Crippen LogP contribution in [0.2, 0.25) is 0 Å². The Bertz CT molecular complexity index is 173. The lowest BCUT2D eigenvalue weighted by Gasteiger charge is -2.18. The molecule has 1 rings (SSSR count). The maximum atomic E-state index is 8.43. The molecule has 2 N–H and O–H groups in total. The molecule has 1 aliphatic rings. The molecular weight excluding hydrogens is 150 g/mol. The van der Waals surface area contributed by atoms with E-state index in [1.54, 1.807) is 0 Å². The van der Waals surface area contributed by atoms with Gasteiger partial charge in [0.1, 0.15) is 0 Å². The summed E-state index contributed by atoms with van der Waals surface area (Å²) in [6.45, 7) is 4.99. The minimum atomic E-state index is 0.617. The Kier molecular flexibility index (Phi) is 3.51. The van der Waals surface area contributed by atoms with Crippen LogP contribution in [0.5, 0.6) is 0 Å². The summed E-state index contributed by atoms with van der Waals surface area (Å²) in [5.41, 5.74) is 5.60. The van der Waals surface area contributed by atoms with Crippen LogP contribution in [0.15, 0.2) is 0 Å². The Hall–Kier alpha value is -0.590. The Morgan fingerprint density at radius 2 is 2.42 bits per heavy atom. The fourth-order valence-electron chi connectivity index (χ4n) is 1.89. The van der Waals surface area contributed by atoms with Gasteiger partial charge in [0, 0.05) is 25.6 Å². The SMILES string of the molecule is CC1CC(CN)CN1CCC#N. The average Bonchev–Trinajstić information content (AvgIpc) is 2.43. The number of hydrogen-bond donors (Lipinski definition) is 1. The van der Waals surface area contributed by atoms with E-state index in [2.05, 4.69) is 17.9 Å². The molecule has 68 valence electrons.